The Morgan fingerprint density at radius 1 is 1.19 bits per heavy atom. The molecule has 2 aromatic rings. The summed E-state index contributed by atoms with van der Waals surface area (Å²) >= 11 is 6.15. The molecule has 0 saturated carbocycles. The van der Waals surface area contributed by atoms with Gasteiger partial charge >= 0.3 is 0 Å². The Morgan fingerprint density at radius 3 is 2.52 bits per heavy atom. The van der Waals surface area contributed by atoms with Crippen molar-refractivity contribution in [3.63, 3.8) is 0 Å². The number of likely N-dealkylation sites (tertiary alicyclic amines) is 1. The number of carbonyl (C=O) groups excluding carboxylic acids is 2. The van der Waals surface area contributed by atoms with E-state index in [1.54, 1.807) is 13.2 Å². The van der Waals surface area contributed by atoms with Crippen LogP contribution in [0.3, 0.4) is 0 Å². The maximum Gasteiger partial charge on any atom is 0.241 e. The normalized spacial score (nSPS) is 15.9. The lowest BCUT2D eigenvalue weighted by molar-refractivity contribution is -0.127. The molecule has 0 aromatic heterocycles. The first-order chi connectivity index (χ1) is 14.9. The number of methoxy groups -OCH3 is 1. The number of hydrogen-bond donors (Lipinski definition) is 2. The van der Waals surface area contributed by atoms with Crippen LogP contribution < -0.4 is 15.4 Å². The van der Waals surface area contributed by atoms with Crippen molar-refractivity contribution in [3.05, 3.63) is 58.6 Å². The van der Waals surface area contributed by atoms with Crippen LogP contribution in [0.1, 0.15) is 30.9 Å². The monoisotopic (exact) mass is 443 g/mol. The van der Waals surface area contributed by atoms with E-state index in [2.05, 4.69) is 15.5 Å². The summed E-state index contributed by atoms with van der Waals surface area (Å²) in [5.41, 5.74) is 2.57. The van der Waals surface area contributed by atoms with E-state index in [0.29, 0.717) is 36.1 Å². The van der Waals surface area contributed by atoms with Crippen molar-refractivity contribution in [3.8, 4) is 5.75 Å². The predicted octanol–water partition coefficient (Wildman–Crippen LogP) is 4.01. The summed E-state index contributed by atoms with van der Waals surface area (Å²) in [4.78, 5) is 27.5. The van der Waals surface area contributed by atoms with Gasteiger partial charge in [-0.25, -0.2) is 0 Å². The van der Waals surface area contributed by atoms with Gasteiger partial charge in [-0.15, -0.1) is 0 Å². The molecule has 3 rings (SSSR count). The molecule has 0 radical (unpaired) electrons. The second-order valence-corrected chi connectivity index (χ2v) is 8.39. The van der Waals surface area contributed by atoms with Crippen LogP contribution in [0.4, 0.5) is 5.69 Å². The van der Waals surface area contributed by atoms with Crippen LogP contribution >= 0.6 is 11.6 Å². The topological polar surface area (TPSA) is 70.7 Å². The highest BCUT2D eigenvalue weighted by Gasteiger charge is 2.30. The van der Waals surface area contributed by atoms with Crippen molar-refractivity contribution < 1.29 is 14.3 Å². The average molecular weight is 444 g/mol. The molecule has 2 N–H and O–H groups in total. The fourth-order valence-corrected chi connectivity index (χ4v) is 3.96. The third-order valence-electron chi connectivity index (χ3n) is 5.88. The maximum atomic E-state index is 12.8. The molecule has 31 heavy (non-hydrogen) atoms. The SMILES string of the molecule is COc1cc(Cl)c(C)cc1NC(=O)[C@@H](C)N1CCC(C(=O)NCc2ccccc2)CC1. The van der Waals surface area contributed by atoms with Gasteiger partial charge in [-0.3, -0.25) is 14.5 Å². The molecule has 7 heteroatoms. The van der Waals surface area contributed by atoms with E-state index in [9.17, 15) is 9.59 Å². The van der Waals surface area contributed by atoms with Gasteiger partial charge in [0.15, 0.2) is 0 Å². The fraction of sp³-hybridized carbons (Fsp3) is 0.417. The van der Waals surface area contributed by atoms with Gasteiger partial charge in [0, 0.05) is 23.6 Å². The number of halogens is 1. The van der Waals surface area contributed by atoms with Crippen molar-refractivity contribution in [1.82, 2.24) is 10.2 Å². The fourth-order valence-electron chi connectivity index (χ4n) is 3.81. The summed E-state index contributed by atoms with van der Waals surface area (Å²) in [5, 5.41) is 6.58. The molecule has 2 aromatic carbocycles. The van der Waals surface area contributed by atoms with E-state index >= 15 is 0 Å². The van der Waals surface area contributed by atoms with Crippen LogP contribution in [0.2, 0.25) is 5.02 Å². The maximum absolute atomic E-state index is 12.8. The smallest absolute Gasteiger partial charge is 0.241 e. The van der Waals surface area contributed by atoms with Crippen molar-refractivity contribution in [2.75, 3.05) is 25.5 Å². The molecule has 0 aliphatic carbocycles. The summed E-state index contributed by atoms with van der Waals surface area (Å²) < 4.78 is 5.35. The van der Waals surface area contributed by atoms with Crippen molar-refractivity contribution in [2.24, 2.45) is 5.92 Å². The minimum Gasteiger partial charge on any atom is -0.495 e. The van der Waals surface area contributed by atoms with Gasteiger partial charge in [-0.1, -0.05) is 41.9 Å². The zero-order valence-corrected chi connectivity index (χ0v) is 19.0. The zero-order chi connectivity index (χ0) is 22.4. The molecule has 1 fully saturated rings. The molecule has 0 unspecified atom stereocenters. The highest BCUT2D eigenvalue weighted by Crippen LogP contribution is 2.31. The van der Waals surface area contributed by atoms with Crippen LogP contribution in [-0.4, -0.2) is 43.0 Å². The molecule has 166 valence electrons. The molecule has 2 amide bonds. The Morgan fingerprint density at radius 2 is 1.87 bits per heavy atom. The Kier molecular flexibility index (Phi) is 7.93. The number of nitrogens with one attached hydrogen (secondary N) is 2. The molecule has 0 bridgehead atoms. The number of anilines is 1. The number of piperidine rings is 1. The van der Waals surface area contributed by atoms with E-state index in [-0.39, 0.29) is 23.8 Å². The second-order valence-electron chi connectivity index (χ2n) is 7.98. The van der Waals surface area contributed by atoms with Gasteiger partial charge < -0.3 is 15.4 Å². The van der Waals surface area contributed by atoms with Crippen LogP contribution in [-0.2, 0) is 16.1 Å². The molecule has 1 aliphatic rings. The number of carbonyl (C=O) groups is 2. The van der Waals surface area contributed by atoms with E-state index in [1.165, 1.54) is 0 Å². The number of amides is 2. The van der Waals surface area contributed by atoms with E-state index in [1.807, 2.05) is 50.2 Å². The lowest BCUT2D eigenvalue weighted by Gasteiger charge is -2.34. The molecular formula is C24H30ClN3O3. The quantitative estimate of drug-likeness (QED) is 0.678. The zero-order valence-electron chi connectivity index (χ0n) is 18.3. The first-order valence-electron chi connectivity index (χ1n) is 10.6. The molecule has 1 heterocycles. The summed E-state index contributed by atoms with van der Waals surface area (Å²) in [7, 11) is 1.55. The number of benzene rings is 2. The molecule has 0 spiro atoms. The lowest BCUT2D eigenvalue weighted by atomic mass is 9.94. The first-order valence-corrected chi connectivity index (χ1v) is 11.0. The minimum absolute atomic E-state index is 0.0192. The highest BCUT2D eigenvalue weighted by molar-refractivity contribution is 6.31. The number of rotatable bonds is 7. The lowest BCUT2D eigenvalue weighted by Crippen LogP contribution is -2.48. The van der Waals surface area contributed by atoms with Gasteiger partial charge in [0.2, 0.25) is 11.8 Å². The predicted molar refractivity (Wildman–Crippen MR) is 123 cm³/mol. The summed E-state index contributed by atoms with van der Waals surface area (Å²) in [5.74, 6) is 0.494. The van der Waals surface area contributed by atoms with Crippen molar-refractivity contribution in [1.29, 1.82) is 0 Å². The van der Waals surface area contributed by atoms with E-state index in [4.69, 9.17) is 16.3 Å². The van der Waals surface area contributed by atoms with Crippen molar-refractivity contribution in [2.45, 2.75) is 39.3 Å². The minimum atomic E-state index is -0.311. The Bertz CT molecular complexity index is 912. The summed E-state index contributed by atoms with van der Waals surface area (Å²) in [6.45, 7) is 5.72. The van der Waals surface area contributed by atoms with Gasteiger partial charge in [0.05, 0.1) is 18.8 Å². The molecule has 1 atom stereocenters. The third kappa shape index (κ3) is 5.99. The van der Waals surface area contributed by atoms with Crippen LogP contribution in [0.15, 0.2) is 42.5 Å². The summed E-state index contributed by atoms with van der Waals surface area (Å²) in [6.07, 6.45) is 1.48. The van der Waals surface area contributed by atoms with E-state index in [0.717, 1.165) is 24.0 Å². The Labute approximate surface area is 188 Å². The molecule has 1 aliphatic heterocycles. The van der Waals surface area contributed by atoms with Gasteiger partial charge in [-0.2, -0.15) is 0 Å². The average Bonchev–Trinajstić information content (AvgIpc) is 2.80. The van der Waals surface area contributed by atoms with Gasteiger partial charge in [-0.05, 0) is 57.0 Å². The van der Waals surface area contributed by atoms with Crippen LogP contribution in [0.5, 0.6) is 5.75 Å². The van der Waals surface area contributed by atoms with Gasteiger partial charge in [0.1, 0.15) is 5.75 Å². The molecule has 1 saturated heterocycles. The molecular weight excluding hydrogens is 414 g/mol. The number of nitrogens with zero attached hydrogens (tertiary/aromatic N) is 1. The third-order valence-corrected chi connectivity index (χ3v) is 6.28. The number of aryl methyl sites for hydroxylation is 1. The van der Waals surface area contributed by atoms with Crippen LogP contribution in [0, 0.1) is 12.8 Å². The van der Waals surface area contributed by atoms with Crippen molar-refractivity contribution >= 4 is 29.1 Å². The first kappa shape index (κ1) is 23.1. The number of hydrogen-bond acceptors (Lipinski definition) is 4. The Balaban J connectivity index is 1.50. The van der Waals surface area contributed by atoms with Gasteiger partial charge in [0.25, 0.3) is 0 Å². The second kappa shape index (κ2) is 10.6. The molecule has 6 nitrogen and oxygen atoms in total. The summed E-state index contributed by atoms with van der Waals surface area (Å²) in [6, 6.07) is 13.1. The standard InChI is InChI=1S/C24H30ClN3O3/c1-16-13-21(22(31-3)14-20(16)25)27-23(29)17(2)28-11-9-19(10-12-28)24(30)26-15-18-7-5-4-6-8-18/h4-8,13-14,17,19H,9-12,15H2,1-3H3,(H,26,30)(H,27,29)/t17-/m1/s1. The highest BCUT2D eigenvalue weighted by atomic mass is 35.5. The van der Waals surface area contributed by atoms with E-state index < -0.39 is 0 Å². The Hall–Kier alpha value is -2.57. The van der Waals surface area contributed by atoms with Crippen LogP contribution in [0.25, 0.3) is 0 Å². The largest absolute Gasteiger partial charge is 0.495 e. The number of ether oxygens (including phenoxy) is 1.